The molecule has 8 N–H and O–H groups in total. The first kappa shape index (κ1) is 37.0. The minimum absolute atomic E-state index is 0.202. The molecule has 0 amide bonds. The van der Waals surface area contributed by atoms with Crippen molar-refractivity contribution in [3.8, 4) is 22.6 Å². The summed E-state index contributed by atoms with van der Waals surface area (Å²) in [6.45, 7) is 6.10. The molecular formula is C42H48N4O4. The van der Waals surface area contributed by atoms with E-state index in [0.29, 0.717) is 40.9 Å². The maximum atomic E-state index is 6.13. The van der Waals surface area contributed by atoms with Crippen molar-refractivity contribution in [3.05, 3.63) is 167 Å². The maximum absolute atomic E-state index is 6.13. The van der Waals surface area contributed by atoms with Crippen LogP contribution in [0.5, 0.6) is 11.5 Å². The first-order chi connectivity index (χ1) is 24.2. The van der Waals surface area contributed by atoms with Crippen LogP contribution in [0.4, 0.5) is 11.4 Å². The Morgan fingerprint density at radius 2 is 1.28 bits per heavy atom. The van der Waals surface area contributed by atoms with Crippen LogP contribution < -0.4 is 32.4 Å². The smallest absolute Gasteiger partial charge is 0.125 e. The molecule has 8 nitrogen and oxygen atoms in total. The highest BCUT2D eigenvalue weighted by Gasteiger charge is 2.24. The van der Waals surface area contributed by atoms with Crippen molar-refractivity contribution < 1.29 is 18.9 Å². The van der Waals surface area contributed by atoms with E-state index in [9.17, 15) is 0 Å². The first-order valence-corrected chi connectivity index (χ1v) is 16.2. The number of allylic oxidation sites excluding steroid dienone is 6. The molecule has 2 atom stereocenters. The van der Waals surface area contributed by atoms with Gasteiger partial charge in [0, 0.05) is 70.4 Å². The van der Waals surface area contributed by atoms with Crippen molar-refractivity contribution in [3.63, 3.8) is 0 Å². The molecule has 0 spiro atoms. The summed E-state index contributed by atoms with van der Waals surface area (Å²) < 4.78 is 23.0. The van der Waals surface area contributed by atoms with Gasteiger partial charge in [-0.05, 0) is 53.5 Å². The van der Waals surface area contributed by atoms with Gasteiger partial charge in [0.25, 0.3) is 0 Å². The molecule has 0 radical (unpaired) electrons. The lowest BCUT2D eigenvalue weighted by molar-refractivity contribution is 0.288. The van der Waals surface area contributed by atoms with Crippen LogP contribution >= 0.6 is 0 Å². The molecule has 8 heteroatoms. The van der Waals surface area contributed by atoms with Gasteiger partial charge in [0.1, 0.15) is 17.3 Å². The van der Waals surface area contributed by atoms with Crippen molar-refractivity contribution >= 4 is 11.4 Å². The second-order valence-electron chi connectivity index (χ2n) is 11.6. The fraction of sp³-hybridized carbons (Fsp3) is 0.190. The van der Waals surface area contributed by atoms with E-state index in [0.717, 1.165) is 44.7 Å². The van der Waals surface area contributed by atoms with Gasteiger partial charge in [-0.3, -0.25) is 0 Å². The van der Waals surface area contributed by atoms with Crippen molar-refractivity contribution in [2.24, 2.45) is 11.5 Å². The largest absolute Gasteiger partial charge is 0.501 e. The Hall–Kier alpha value is -5.86. The molecular weight excluding hydrogens is 624 g/mol. The Labute approximate surface area is 296 Å². The third-order valence-electron chi connectivity index (χ3n) is 8.58. The SMILES string of the molecule is C=C/C(N)=C\C(=C\C(c1ccc(-c2ccc(C(C(/C=C\CN)=C(/C)OC)c3ccc(N)cc3OC)cc2)cc1)c1ccc(N)cc1OC)OC. The number of rotatable bonds is 15. The van der Waals surface area contributed by atoms with E-state index in [1.165, 1.54) is 0 Å². The lowest BCUT2D eigenvalue weighted by Gasteiger charge is -2.24. The number of anilines is 2. The highest BCUT2D eigenvalue weighted by atomic mass is 16.5. The van der Waals surface area contributed by atoms with Crippen molar-refractivity contribution in [2.45, 2.75) is 18.8 Å². The molecule has 0 aliphatic carbocycles. The molecule has 0 aliphatic rings. The number of benzene rings is 4. The number of nitrogens with two attached hydrogens (primary N) is 4. The fourth-order valence-electron chi connectivity index (χ4n) is 5.89. The zero-order chi connectivity index (χ0) is 36.2. The molecule has 0 saturated heterocycles. The molecule has 260 valence electrons. The third kappa shape index (κ3) is 8.78. The summed E-state index contributed by atoms with van der Waals surface area (Å²) in [4.78, 5) is 0. The summed E-state index contributed by atoms with van der Waals surface area (Å²) in [5, 5.41) is 0. The Morgan fingerprint density at radius 3 is 1.78 bits per heavy atom. The Bertz CT molecular complexity index is 1890. The van der Waals surface area contributed by atoms with Gasteiger partial charge in [0.15, 0.2) is 0 Å². The van der Waals surface area contributed by atoms with E-state index < -0.39 is 0 Å². The van der Waals surface area contributed by atoms with E-state index in [4.69, 9.17) is 41.9 Å². The van der Waals surface area contributed by atoms with E-state index in [2.05, 4.69) is 55.1 Å². The zero-order valence-corrected chi connectivity index (χ0v) is 29.5. The summed E-state index contributed by atoms with van der Waals surface area (Å²) in [5.74, 6) is 2.31. The van der Waals surface area contributed by atoms with Gasteiger partial charge >= 0.3 is 0 Å². The summed E-state index contributed by atoms with van der Waals surface area (Å²) in [6, 6.07) is 28.3. The lowest BCUT2D eigenvalue weighted by Crippen LogP contribution is -2.09. The fourth-order valence-corrected chi connectivity index (χ4v) is 5.89. The highest BCUT2D eigenvalue weighted by molar-refractivity contribution is 5.66. The van der Waals surface area contributed by atoms with Crippen LogP contribution in [0.3, 0.4) is 0 Å². The number of nitrogen functional groups attached to an aromatic ring is 2. The zero-order valence-electron chi connectivity index (χ0n) is 29.5. The highest BCUT2D eigenvalue weighted by Crippen LogP contribution is 2.41. The number of methoxy groups -OCH3 is 4. The molecule has 4 aromatic rings. The average molecular weight is 673 g/mol. The van der Waals surface area contributed by atoms with Crippen molar-refractivity contribution in [1.29, 1.82) is 0 Å². The summed E-state index contributed by atoms with van der Waals surface area (Å²) in [7, 11) is 6.57. The maximum Gasteiger partial charge on any atom is 0.125 e. The molecule has 0 fully saturated rings. The van der Waals surface area contributed by atoms with Gasteiger partial charge in [-0.2, -0.15) is 0 Å². The normalized spacial score (nSPS) is 13.7. The van der Waals surface area contributed by atoms with Crippen molar-refractivity contribution in [1.82, 2.24) is 0 Å². The van der Waals surface area contributed by atoms with Gasteiger partial charge < -0.3 is 41.9 Å². The second-order valence-corrected chi connectivity index (χ2v) is 11.6. The van der Waals surface area contributed by atoms with Gasteiger partial charge in [-0.15, -0.1) is 0 Å². The minimum atomic E-state index is -0.225. The van der Waals surface area contributed by atoms with E-state index in [1.807, 2.05) is 61.5 Å². The van der Waals surface area contributed by atoms with E-state index in [1.54, 1.807) is 40.6 Å². The molecule has 50 heavy (non-hydrogen) atoms. The van der Waals surface area contributed by atoms with Gasteiger partial charge in [0.05, 0.1) is 34.2 Å². The molecule has 4 rings (SSSR count). The van der Waals surface area contributed by atoms with Gasteiger partial charge in [-0.1, -0.05) is 79.4 Å². The van der Waals surface area contributed by atoms with Gasteiger partial charge in [-0.25, -0.2) is 0 Å². The average Bonchev–Trinajstić information content (AvgIpc) is 3.15. The second kappa shape index (κ2) is 17.5. The summed E-state index contributed by atoms with van der Waals surface area (Å²) in [6.07, 6.45) is 9.27. The number of hydrogen-bond acceptors (Lipinski definition) is 8. The minimum Gasteiger partial charge on any atom is -0.501 e. The Balaban J connectivity index is 1.78. The van der Waals surface area contributed by atoms with Crippen LogP contribution in [0.25, 0.3) is 11.1 Å². The molecule has 0 bridgehead atoms. The molecule has 0 aliphatic heterocycles. The molecule has 2 unspecified atom stereocenters. The third-order valence-corrected chi connectivity index (χ3v) is 8.58. The van der Waals surface area contributed by atoms with Crippen LogP contribution in [-0.2, 0) is 9.47 Å². The number of hydrogen-bond donors (Lipinski definition) is 4. The predicted molar refractivity (Wildman–Crippen MR) is 206 cm³/mol. The Kier molecular flexibility index (Phi) is 12.9. The topological polar surface area (TPSA) is 141 Å². The monoisotopic (exact) mass is 672 g/mol. The van der Waals surface area contributed by atoms with E-state index in [-0.39, 0.29) is 11.8 Å². The van der Waals surface area contributed by atoms with Crippen LogP contribution in [0.1, 0.15) is 41.0 Å². The molecule has 4 aromatic carbocycles. The van der Waals surface area contributed by atoms with Crippen LogP contribution in [-0.4, -0.2) is 35.0 Å². The van der Waals surface area contributed by atoms with E-state index >= 15 is 0 Å². The van der Waals surface area contributed by atoms with Gasteiger partial charge in [0.2, 0.25) is 0 Å². The summed E-state index contributed by atoms with van der Waals surface area (Å²) >= 11 is 0. The molecule has 0 saturated carbocycles. The molecule has 0 aromatic heterocycles. The molecule has 0 heterocycles. The summed E-state index contributed by atoms with van der Waals surface area (Å²) in [5.41, 5.74) is 32.9. The van der Waals surface area contributed by atoms with Crippen LogP contribution in [0.2, 0.25) is 0 Å². The Morgan fingerprint density at radius 1 is 0.740 bits per heavy atom. The van der Waals surface area contributed by atoms with Crippen molar-refractivity contribution in [2.75, 3.05) is 46.5 Å². The predicted octanol–water partition coefficient (Wildman–Crippen LogP) is 7.79. The lowest BCUT2D eigenvalue weighted by atomic mass is 9.82. The number of ether oxygens (including phenoxy) is 4. The standard InChI is InChI=1S/C42H48N4O4/c1-7-32(44)23-35(48-4)26-39(37-20-18-33(45)24-40(37)49-5)30-14-10-28(11-15-30)29-12-16-31(17-13-29)42(36(9-8-22-43)27(2)47-3)38-21-19-34(46)25-41(38)50-6/h7-21,23-26,39,42H,1,22,43-46H2,2-6H3/b9-8-,32-23+,35-26-,36-27-. The van der Waals surface area contributed by atoms with Crippen LogP contribution in [0, 0.1) is 0 Å². The quantitative estimate of drug-likeness (QED) is 0.0570. The van der Waals surface area contributed by atoms with Crippen LogP contribution in [0.15, 0.2) is 145 Å². The first-order valence-electron chi connectivity index (χ1n) is 16.2.